The van der Waals surface area contributed by atoms with Crippen molar-refractivity contribution in [1.82, 2.24) is 0 Å². The van der Waals surface area contributed by atoms with Gasteiger partial charge in [0.15, 0.2) is 0 Å². The summed E-state index contributed by atoms with van der Waals surface area (Å²) in [6.07, 6.45) is 5.38. The van der Waals surface area contributed by atoms with Gasteiger partial charge in [0.05, 0.1) is 5.92 Å². The van der Waals surface area contributed by atoms with Crippen LogP contribution in [0.15, 0.2) is 12.1 Å². The molecule has 1 aliphatic carbocycles. The predicted octanol–water partition coefficient (Wildman–Crippen LogP) is 4.02. The third kappa shape index (κ3) is 2.67. The van der Waals surface area contributed by atoms with Crippen molar-refractivity contribution in [3.63, 3.8) is 0 Å². The molecule has 0 spiro atoms. The van der Waals surface area contributed by atoms with Gasteiger partial charge < -0.3 is 10.8 Å². The number of hydrogen-bond donors (Lipinski definition) is 2. The summed E-state index contributed by atoms with van der Waals surface area (Å²) in [6.45, 7) is 6.06. The molecule has 0 aliphatic heterocycles. The van der Waals surface area contributed by atoms with Crippen molar-refractivity contribution >= 4 is 11.7 Å². The fourth-order valence-electron chi connectivity index (χ4n) is 3.71. The molecule has 3 N–H and O–H groups in total. The minimum atomic E-state index is -0.744. The smallest absolute Gasteiger partial charge is 0.311 e. The Bertz CT molecular complexity index is 516. The molecule has 0 amide bonds. The topological polar surface area (TPSA) is 63.3 Å². The second kappa shape index (κ2) is 5.47. The first kappa shape index (κ1) is 14.9. The number of rotatable bonds is 3. The van der Waals surface area contributed by atoms with Gasteiger partial charge in [0.2, 0.25) is 0 Å². The van der Waals surface area contributed by atoms with Gasteiger partial charge in [-0.2, -0.15) is 0 Å². The third-order valence-corrected chi connectivity index (χ3v) is 4.81. The predicted molar refractivity (Wildman–Crippen MR) is 81.9 cm³/mol. The molecule has 1 unspecified atom stereocenters. The van der Waals surface area contributed by atoms with Crippen LogP contribution in [0.4, 0.5) is 5.69 Å². The first-order chi connectivity index (χ1) is 9.35. The molecule has 0 saturated heterocycles. The van der Waals surface area contributed by atoms with E-state index in [1.807, 2.05) is 26.0 Å². The van der Waals surface area contributed by atoms with Crippen molar-refractivity contribution in [2.45, 2.75) is 58.8 Å². The van der Waals surface area contributed by atoms with E-state index in [2.05, 4.69) is 6.92 Å². The number of benzene rings is 1. The number of carbonyl (C=O) groups is 1. The van der Waals surface area contributed by atoms with Crippen LogP contribution in [-0.2, 0) is 4.79 Å². The van der Waals surface area contributed by atoms with Gasteiger partial charge in [-0.05, 0) is 43.2 Å². The van der Waals surface area contributed by atoms with Crippen LogP contribution < -0.4 is 5.73 Å². The van der Waals surface area contributed by atoms with Crippen LogP contribution in [0.2, 0.25) is 0 Å². The van der Waals surface area contributed by atoms with Crippen molar-refractivity contribution in [2.24, 2.45) is 5.41 Å². The lowest BCUT2D eigenvalue weighted by molar-refractivity contribution is -0.142. The number of hydrogen-bond acceptors (Lipinski definition) is 2. The van der Waals surface area contributed by atoms with Gasteiger partial charge in [-0.3, -0.25) is 4.79 Å². The normalized spacial score (nSPS) is 19.6. The van der Waals surface area contributed by atoms with Crippen LogP contribution in [0.1, 0.15) is 61.6 Å². The summed E-state index contributed by atoms with van der Waals surface area (Å²) in [4.78, 5) is 11.9. The molecule has 1 atom stereocenters. The zero-order chi connectivity index (χ0) is 14.9. The molecule has 2 rings (SSSR count). The highest BCUT2D eigenvalue weighted by atomic mass is 16.4. The molecule has 1 aliphatic rings. The van der Waals surface area contributed by atoms with Crippen LogP contribution >= 0.6 is 0 Å². The summed E-state index contributed by atoms with van der Waals surface area (Å²) in [5.74, 6) is -1.24. The van der Waals surface area contributed by atoms with Crippen LogP contribution in [0.3, 0.4) is 0 Å². The van der Waals surface area contributed by atoms with Crippen molar-refractivity contribution in [2.75, 3.05) is 5.73 Å². The van der Waals surface area contributed by atoms with E-state index >= 15 is 0 Å². The first-order valence-electron chi connectivity index (χ1n) is 7.44. The minimum absolute atomic E-state index is 0.182. The Morgan fingerprint density at radius 1 is 1.25 bits per heavy atom. The number of anilines is 1. The molecular weight excluding hydrogens is 250 g/mol. The van der Waals surface area contributed by atoms with Crippen LogP contribution in [0, 0.1) is 19.3 Å². The highest BCUT2D eigenvalue weighted by molar-refractivity contribution is 5.80. The van der Waals surface area contributed by atoms with Crippen molar-refractivity contribution in [3.05, 3.63) is 28.8 Å². The molecule has 0 radical (unpaired) electrons. The monoisotopic (exact) mass is 275 g/mol. The minimum Gasteiger partial charge on any atom is -0.481 e. The van der Waals surface area contributed by atoms with E-state index in [4.69, 9.17) is 5.73 Å². The maximum Gasteiger partial charge on any atom is 0.311 e. The van der Waals surface area contributed by atoms with E-state index in [-0.39, 0.29) is 5.41 Å². The molecule has 1 saturated carbocycles. The number of aryl methyl sites for hydroxylation is 2. The first-order valence-corrected chi connectivity index (χ1v) is 7.44. The maximum absolute atomic E-state index is 11.9. The standard InChI is InChI=1S/C17H25NO2/c1-11-9-12(2)15(18)13(10-11)14(16(19)20)17(3)7-5-4-6-8-17/h9-10,14H,4-8,18H2,1-3H3,(H,19,20). The number of nitrogen functional groups attached to an aromatic ring is 1. The second-order valence-corrected chi connectivity index (χ2v) is 6.57. The molecule has 0 aromatic heterocycles. The number of aliphatic carboxylic acids is 1. The number of carboxylic acid groups (broad SMARTS) is 1. The van der Waals surface area contributed by atoms with Gasteiger partial charge in [0.25, 0.3) is 0 Å². The summed E-state index contributed by atoms with van der Waals surface area (Å²) in [5.41, 5.74) is 9.52. The average molecular weight is 275 g/mol. The van der Waals surface area contributed by atoms with Crippen molar-refractivity contribution in [3.8, 4) is 0 Å². The van der Waals surface area contributed by atoms with Crippen molar-refractivity contribution in [1.29, 1.82) is 0 Å². The summed E-state index contributed by atoms with van der Waals surface area (Å²) in [6, 6.07) is 3.97. The molecular formula is C17H25NO2. The largest absolute Gasteiger partial charge is 0.481 e. The third-order valence-electron chi connectivity index (χ3n) is 4.81. The zero-order valence-corrected chi connectivity index (χ0v) is 12.7. The van der Waals surface area contributed by atoms with Gasteiger partial charge >= 0.3 is 5.97 Å². The lowest BCUT2D eigenvalue weighted by Crippen LogP contribution is -2.34. The fourth-order valence-corrected chi connectivity index (χ4v) is 3.71. The lowest BCUT2D eigenvalue weighted by Gasteiger charge is -2.39. The Labute approximate surface area is 121 Å². The van der Waals surface area contributed by atoms with E-state index in [1.165, 1.54) is 6.42 Å². The van der Waals surface area contributed by atoms with Crippen LogP contribution in [-0.4, -0.2) is 11.1 Å². The number of carboxylic acids is 1. The molecule has 0 heterocycles. The quantitative estimate of drug-likeness (QED) is 0.819. The lowest BCUT2D eigenvalue weighted by atomic mass is 9.64. The highest BCUT2D eigenvalue weighted by Gasteiger charge is 2.42. The Kier molecular flexibility index (Phi) is 4.07. The number of nitrogens with two attached hydrogens (primary N) is 1. The highest BCUT2D eigenvalue weighted by Crippen LogP contribution is 2.48. The Morgan fingerprint density at radius 2 is 1.85 bits per heavy atom. The molecule has 110 valence electrons. The SMILES string of the molecule is Cc1cc(C)c(N)c(C(C(=O)O)C2(C)CCCCC2)c1. The van der Waals surface area contributed by atoms with E-state index < -0.39 is 11.9 Å². The van der Waals surface area contributed by atoms with Gasteiger partial charge in [-0.25, -0.2) is 0 Å². The molecule has 1 fully saturated rings. The van der Waals surface area contributed by atoms with E-state index in [9.17, 15) is 9.90 Å². The molecule has 3 nitrogen and oxygen atoms in total. The Morgan fingerprint density at radius 3 is 2.40 bits per heavy atom. The zero-order valence-electron chi connectivity index (χ0n) is 12.7. The molecule has 20 heavy (non-hydrogen) atoms. The second-order valence-electron chi connectivity index (χ2n) is 6.57. The molecule has 3 heteroatoms. The summed E-state index contributed by atoms with van der Waals surface area (Å²) in [7, 11) is 0. The Hall–Kier alpha value is -1.51. The maximum atomic E-state index is 11.9. The molecule has 0 bridgehead atoms. The van der Waals surface area contributed by atoms with Gasteiger partial charge in [0.1, 0.15) is 0 Å². The molecule has 1 aromatic rings. The van der Waals surface area contributed by atoms with Gasteiger partial charge in [0, 0.05) is 5.69 Å². The van der Waals surface area contributed by atoms with E-state index in [1.54, 1.807) is 0 Å². The summed E-state index contributed by atoms with van der Waals surface area (Å²) < 4.78 is 0. The van der Waals surface area contributed by atoms with Crippen LogP contribution in [0.5, 0.6) is 0 Å². The molecule has 1 aromatic carbocycles. The van der Waals surface area contributed by atoms with Gasteiger partial charge in [-0.1, -0.05) is 43.9 Å². The summed E-state index contributed by atoms with van der Waals surface area (Å²) >= 11 is 0. The van der Waals surface area contributed by atoms with E-state index in [0.717, 1.165) is 42.4 Å². The fraction of sp³-hybridized carbons (Fsp3) is 0.588. The average Bonchev–Trinajstić information content (AvgIpc) is 2.35. The van der Waals surface area contributed by atoms with E-state index in [0.29, 0.717) is 5.69 Å². The van der Waals surface area contributed by atoms with Crippen LogP contribution in [0.25, 0.3) is 0 Å². The Balaban J connectivity index is 2.51. The van der Waals surface area contributed by atoms with Crippen molar-refractivity contribution < 1.29 is 9.90 Å². The van der Waals surface area contributed by atoms with Gasteiger partial charge in [-0.15, -0.1) is 0 Å². The summed E-state index contributed by atoms with van der Waals surface area (Å²) in [5, 5.41) is 9.79.